The van der Waals surface area contributed by atoms with Crippen LogP contribution in [0.3, 0.4) is 0 Å². The van der Waals surface area contributed by atoms with Crippen LogP contribution in [-0.4, -0.2) is 21.3 Å². The largest absolute Gasteiger partial charge is 0.494 e. The molecule has 1 aliphatic rings. The van der Waals surface area contributed by atoms with E-state index in [2.05, 4.69) is 71.7 Å². The molecule has 0 radical (unpaired) electrons. The smallest absolute Gasteiger partial charge is 0.174 e. The predicted octanol–water partition coefficient (Wildman–Crippen LogP) is 5.66. The van der Waals surface area contributed by atoms with Gasteiger partial charge in [-0.3, -0.25) is 4.98 Å². The quantitative estimate of drug-likeness (QED) is 0.507. The lowest BCUT2D eigenvalue weighted by Gasteiger charge is -2.28. The third kappa shape index (κ3) is 3.92. The first-order chi connectivity index (χ1) is 14.9. The number of rotatable bonds is 6. The van der Waals surface area contributed by atoms with Crippen LogP contribution in [0.2, 0.25) is 0 Å². The molecule has 1 saturated heterocycles. The van der Waals surface area contributed by atoms with E-state index in [-0.39, 0.29) is 12.1 Å². The molecule has 0 aliphatic carbocycles. The molecule has 31 heavy (non-hydrogen) atoms. The predicted molar refractivity (Wildman–Crippen MR) is 130 cm³/mol. The summed E-state index contributed by atoms with van der Waals surface area (Å²) in [6.07, 6.45) is 1.84. The summed E-state index contributed by atoms with van der Waals surface area (Å²) in [6, 6.07) is 16.9. The lowest BCUT2D eigenvalue weighted by molar-refractivity contribution is 0.340. The third-order valence-electron chi connectivity index (χ3n) is 5.88. The number of ether oxygens (including phenoxy) is 1. The molecule has 3 aromatic rings. The van der Waals surface area contributed by atoms with Gasteiger partial charge < -0.3 is 19.5 Å². The van der Waals surface area contributed by atoms with E-state index in [1.165, 1.54) is 17.0 Å². The highest BCUT2D eigenvalue weighted by atomic mass is 32.1. The summed E-state index contributed by atoms with van der Waals surface area (Å²) in [4.78, 5) is 6.88. The van der Waals surface area contributed by atoms with Crippen molar-refractivity contribution in [3.63, 3.8) is 0 Å². The van der Waals surface area contributed by atoms with Crippen LogP contribution in [0.4, 0.5) is 5.69 Å². The van der Waals surface area contributed by atoms with Gasteiger partial charge in [0, 0.05) is 29.3 Å². The highest BCUT2D eigenvalue weighted by Crippen LogP contribution is 2.43. The number of nitrogens with zero attached hydrogens (tertiary/aromatic N) is 3. The maximum atomic E-state index is 5.84. The molecule has 2 aromatic heterocycles. The lowest BCUT2D eigenvalue weighted by atomic mass is 9.96. The zero-order valence-electron chi connectivity index (χ0n) is 18.8. The van der Waals surface area contributed by atoms with Crippen molar-refractivity contribution in [3.05, 3.63) is 77.4 Å². The highest BCUT2D eigenvalue weighted by molar-refractivity contribution is 7.80. The van der Waals surface area contributed by atoms with Gasteiger partial charge in [0.05, 0.1) is 24.4 Å². The minimum atomic E-state index is -0.0404. The van der Waals surface area contributed by atoms with Crippen molar-refractivity contribution in [1.29, 1.82) is 0 Å². The van der Waals surface area contributed by atoms with E-state index in [1.54, 1.807) is 0 Å². The van der Waals surface area contributed by atoms with Crippen LogP contribution in [0.5, 0.6) is 5.75 Å². The fourth-order valence-corrected chi connectivity index (χ4v) is 5.06. The fraction of sp³-hybridized carbons (Fsp3) is 0.360. The molecule has 0 saturated carbocycles. The topological polar surface area (TPSA) is 42.3 Å². The van der Waals surface area contributed by atoms with E-state index in [1.807, 2.05) is 37.4 Å². The zero-order valence-corrected chi connectivity index (χ0v) is 19.6. The molecule has 0 spiro atoms. The van der Waals surface area contributed by atoms with Crippen LogP contribution in [0.25, 0.3) is 0 Å². The number of pyridine rings is 1. The van der Waals surface area contributed by atoms with Crippen LogP contribution in [0.15, 0.2) is 54.7 Å². The van der Waals surface area contributed by atoms with Crippen molar-refractivity contribution < 1.29 is 4.74 Å². The Balaban J connectivity index is 1.84. The molecule has 1 aliphatic heterocycles. The number of nitrogens with one attached hydrogen (secondary N) is 1. The lowest BCUT2D eigenvalue weighted by Crippen LogP contribution is -2.29. The normalized spacial score (nSPS) is 18.5. The van der Waals surface area contributed by atoms with Crippen molar-refractivity contribution in [2.75, 3.05) is 11.5 Å². The number of aromatic nitrogens is 2. The number of aryl methyl sites for hydroxylation is 1. The molecule has 162 valence electrons. The summed E-state index contributed by atoms with van der Waals surface area (Å²) >= 11 is 5.84. The summed E-state index contributed by atoms with van der Waals surface area (Å²) < 4.78 is 8.03. The summed E-state index contributed by atoms with van der Waals surface area (Å²) in [5.74, 6) is 0.861. The first-order valence-corrected chi connectivity index (χ1v) is 11.2. The first kappa shape index (κ1) is 21.4. The monoisotopic (exact) mass is 434 g/mol. The molecule has 5 nitrogen and oxygen atoms in total. The Morgan fingerprint density at radius 2 is 1.87 bits per heavy atom. The SMILES string of the molecule is CCOc1ccc(N2C(=S)NC(c3ccccn3)C2c2cc(C)n(C(C)C)c2C)cc1. The van der Waals surface area contributed by atoms with E-state index in [0.29, 0.717) is 17.8 Å². The minimum Gasteiger partial charge on any atom is -0.494 e. The van der Waals surface area contributed by atoms with Crippen molar-refractivity contribution >= 4 is 23.0 Å². The molecule has 0 bridgehead atoms. The van der Waals surface area contributed by atoms with Gasteiger partial charge in [0.25, 0.3) is 0 Å². The Bertz CT molecular complexity index is 1060. The Hall–Kier alpha value is -2.86. The third-order valence-corrected chi connectivity index (χ3v) is 6.20. The zero-order chi connectivity index (χ0) is 22.1. The standard InChI is InChI=1S/C25H30N4OS/c1-6-30-20-12-10-19(11-13-20)29-24(21-15-17(4)28(16(2)3)18(21)5)23(27-25(29)31)22-9-7-8-14-26-22/h7-16,23-24H,6H2,1-5H3,(H,27,31). The van der Waals surface area contributed by atoms with E-state index in [9.17, 15) is 0 Å². The van der Waals surface area contributed by atoms with Crippen LogP contribution in [-0.2, 0) is 0 Å². The fourth-order valence-electron chi connectivity index (χ4n) is 4.72. The van der Waals surface area contributed by atoms with Gasteiger partial charge in [-0.15, -0.1) is 0 Å². The Kier molecular flexibility index (Phi) is 6.01. The van der Waals surface area contributed by atoms with Gasteiger partial charge in [-0.05, 0) is 94.9 Å². The molecule has 2 unspecified atom stereocenters. The second kappa shape index (κ2) is 8.71. The van der Waals surface area contributed by atoms with E-state index < -0.39 is 0 Å². The van der Waals surface area contributed by atoms with Crippen molar-refractivity contribution in [2.45, 2.75) is 52.7 Å². The minimum absolute atomic E-state index is 0.000886. The van der Waals surface area contributed by atoms with Crippen molar-refractivity contribution in [1.82, 2.24) is 14.9 Å². The maximum absolute atomic E-state index is 5.84. The van der Waals surface area contributed by atoms with Gasteiger partial charge in [0.2, 0.25) is 0 Å². The van der Waals surface area contributed by atoms with Gasteiger partial charge in [0.1, 0.15) is 5.75 Å². The van der Waals surface area contributed by atoms with Gasteiger partial charge in [-0.25, -0.2) is 0 Å². The van der Waals surface area contributed by atoms with Crippen molar-refractivity contribution in [3.8, 4) is 5.75 Å². The number of benzene rings is 1. The van der Waals surface area contributed by atoms with E-state index >= 15 is 0 Å². The van der Waals surface area contributed by atoms with E-state index in [0.717, 1.165) is 17.1 Å². The Labute approximate surface area is 190 Å². The summed E-state index contributed by atoms with van der Waals surface area (Å²) in [6.45, 7) is 11.5. The highest BCUT2D eigenvalue weighted by Gasteiger charge is 2.42. The molecule has 2 atom stereocenters. The molecule has 1 aromatic carbocycles. The number of hydrogen-bond donors (Lipinski definition) is 1. The first-order valence-electron chi connectivity index (χ1n) is 10.8. The average Bonchev–Trinajstić information content (AvgIpc) is 3.25. The Morgan fingerprint density at radius 3 is 2.45 bits per heavy atom. The van der Waals surface area contributed by atoms with Gasteiger partial charge in [-0.1, -0.05) is 6.07 Å². The number of thiocarbonyl (C=S) groups is 1. The molecular formula is C25H30N4OS. The van der Waals surface area contributed by atoms with Crippen LogP contribution in [0, 0.1) is 13.8 Å². The Morgan fingerprint density at radius 1 is 1.13 bits per heavy atom. The maximum Gasteiger partial charge on any atom is 0.174 e. The molecular weight excluding hydrogens is 404 g/mol. The van der Waals surface area contributed by atoms with Gasteiger partial charge >= 0.3 is 0 Å². The molecule has 1 N–H and O–H groups in total. The summed E-state index contributed by atoms with van der Waals surface area (Å²) in [5.41, 5.74) is 5.81. The molecule has 1 fully saturated rings. The van der Waals surface area contributed by atoms with Crippen molar-refractivity contribution in [2.24, 2.45) is 0 Å². The molecule has 3 heterocycles. The van der Waals surface area contributed by atoms with Gasteiger partial charge in [-0.2, -0.15) is 0 Å². The summed E-state index contributed by atoms with van der Waals surface area (Å²) in [5, 5.41) is 4.25. The number of hydrogen-bond acceptors (Lipinski definition) is 3. The molecule has 0 amide bonds. The van der Waals surface area contributed by atoms with E-state index in [4.69, 9.17) is 17.0 Å². The van der Waals surface area contributed by atoms with Gasteiger partial charge in [0.15, 0.2) is 5.11 Å². The second-order valence-corrected chi connectivity index (χ2v) is 8.60. The number of anilines is 1. The molecule has 4 rings (SSSR count). The summed E-state index contributed by atoms with van der Waals surface area (Å²) in [7, 11) is 0. The average molecular weight is 435 g/mol. The van der Waals surface area contributed by atoms with Crippen LogP contribution < -0.4 is 15.0 Å². The second-order valence-electron chi connectivity index (χ2n) is 8.21. The van der Waals surface area contributed by atoms with Crippen LogP contribution in [0.1, 0.15) is 61.5 Å². The molecule has 6 heteroatoms. The van der Waals surface area contributed by atoms with Crippen LogP contribution >= 0.6 is 12.2 Å².